The van der Waals surface area contributed by atoms with Gasteiger partial charge in [-0.05, 0) is 143 Å². The van der Waals surface area contributed by atoms with Crippen LogP contribution in [0.15, 0.2) is 36.4 Å². The Hall–Kier alpha value is -3.27. The van der Waals surface area contributed by atoms with E-state index in [0.717, 1.165) is 49.8 Å². The lowest BCUT2D eigenvalue weighted by molar-refractivity contribution is -0.152. The van der Waals surface area contributed by atoms with E-state index in [0.29, 0.717) is 24.3 Å². The van der Waals surface area contributed by atoms with Crippen molar-refractivity contribution in [3.05, 3.63) is 58.7 Å². The van der Waals surface area contributed by atoms with Gasteiger partial charge in [0.1, 0.15) is 11.5 Å². The number of phenolic OH excluding ortho intramolecular Hbond substituents is 1. The first-order chi connectivity index (χ1) is 28.8. The third-order valence-electron chi connectivity index (χ3n) is 13.5. The molecule has 0 spiro atoms. The van der Waals surface area contributed by atoms with Crippen LogP contribution >= 0.6 is 0 Å². The van der Waals surface area contributed by atoms with Crippen molar-refractivity contribution in [1.29, 1.82) is 0 Å². The number of hydrogen-bond acceptors (Lipinski definition) is 9. The Morgan fingerprint density at radius 2 is 1.19 bits per heavy atom. The largest absolute Gasteiger partial charge is 0.508 e. The number of rotatable bonds is 16. The van der Waals surface area contributed by atoms with Crippen molar-refractivity contribution >= 4 is 17.9 Å². The number of ether oxygens (including phenoxy) is 2. The standard InChI is InChI=1S/C25H39NO3.C21H33NO.C4H4O3/c1-2-16-26(17-15-20-8-4-3-5-9-20)22-14-13-21-10-6-11-24(23(21)19-22)29-25(28)12-7-18-27;1-2-14-22(15-13-17-7-4-3-5-8-17)19-12-11-18-9-6-10-21(23)20(18)16-19;5-3-1-2-4(6)7-3/h6,10-11,20,22,27H,2-5,7-9,12-19H2,1H3;6,9-10,17,19,23H,2-5,7-8,11-16H2,1H3;1-2H2. The third-order valence-corrected chi connectivity index (χ3v) is 13.5. The number of carbonyl (C=O) groups excluding carboxylic acids is 3. The van der Waals surface area contributed by atoms with Gasteiger partial charge in [0.25, 0.3) is 0 Å². The highest BCUT2D eigenvalue weighted by Crippen LogP contribution is 2.35. The van der Waals surface area contributed by atoms with Crippen LogP contribution in [0.2, 0.25) is 0 Å². The van der Waals surface area contributed by atoms with Crippen molar-refractivity contribution in [2.45, 2.75) is 180 Å². The van der Waals surface area contributed by atoms with Crippen molar-refractivity contribution in [1.82, 2.24) is 9.80 Å². The Bertz CT molecular complexity index is 1570. The molecule has 9 heteroatoms. The quantitative estimate of drug-likeness (QED) is 0.0971. The first-order valence-electron chi connectivity index (χ1n) is 23.7. The SMILES string of the molecule is CCCN(CCC1CCCCC1)C1CCc2cccc(O)c2C1.CCCN(CCC1CCCCC1)C1CCc2cccc(OC(=O)CCCO)c2C1.O=C1CCC(=O)O1. The average molecular weight is 817 g/mol. The van der Waals surface area contributed by atoms with Gasteiger partial charge in [-0.3, -0.25) is 14.4 Å². The maximum absolute atomic E-state index is 12.1. The molecule has 59 heavy (non-hydrogen) atoms. The van der Waals surface area contributed by atoms with Gasteiger partial charge in [0.15, 0.2) is 0 Å². The van der Waals surface area contributed by atoms with Crippen LogP contribution in [0.1, 0.15) is 165 Å². The molecule has 0 bridgehead atoms. The zero-order chi connectivity index (χ0) is 41.8. The molecule has 7 rings (SSSR count). The number of cyclic esters (lactones) is 2. The summed E-state index contributed by atoms with van der Waals surface area (Å²) in [5.74, 6) is 2.09. The van der Waals surface area contributed by atoms with Gasteiger partial charge in [0.2, 0.25) is 0 Å². The number of nitrogens with zero attached hydrogens (tertiary/aromatic N) is 2. The molecule has 2 saturated carbocycles. The monoisotopic (exact) mass is 817 g/mol. The molecule has 2 atom stereocenters. The van der Waals surface area contributed by atoms with Crippen molar-refractivity contribution in [3.8, 4) is 11.5 Å². The predicted molar refractivity (Wildman–Crippen MR) is 235 cm³/mol. The van der Waals surface area contributed by atoms with Crippen LogP contribution in [0.4, 0.5) is 0 Å². The number of benzene rings is 2. The predicted octanol–water partition coefficient (Wildman–Crippen LogP) is 9.69. The second-order valence-corrected chi connectivity index (χ2v) is 17.9. The summed E-state index contributed by atoms with van der Waals surface area (Å²) in [5, 5.41) is 19.2. The molecule has 4 aliphatic carbocycles. The van der Waals surface area contributed by atoms with Crippen LogP contribution in [0.3, 0.4) is 0 Å². The molecule has 2 aromatic carbocycles. The highest BCUT2D eigenvalue weighted by molar-refractivity contribution is 5.92. The highest BCUT2D eigenvalue weighted by atomic mass is 16.6. The van der Waals surface area contributed by atoms with Gasteiger partial charge in [-0.1, -0.05) is 102 Å². The van der Waals surface area contributed by atoms with Crippen molar-refractivity contribution in [3.63, 3.8) is 0 Å². The van der Waals surface area contributed by atoms with Crippen LogP contribution in [0.25, 0.3) is 0 Å². The smallest absolute Gasteiger partial charge is 0.314 e. The number of aliphatic hydroxyl groups is 1. The number of aromatic hydroxyl groups is 1. The number of fused-ring (bicyclic) bond motifs is 2. The third kappa shape index (κ3) is 15.3. The molecule has 0 radical (unpaired) electrons. The molecule has 2 N–H and O–H groups in total. The number of esters is 3. The first kappa shape index (κ1) is 46.8. The van der Waals surface area contributed by atoms with Crippen LogP contribution in [-0.4, -0.2) is 82.8 Å². The maximum Gasteiger partial charge on any atom is 0.314 e. The summed E-state index contributed by atoms with van der Waals surface area (Å²) in [5.41, 5.74) is 5.13. The molecule has 2 unspecified atom stereocenters. The second kappa shape index (κ2) is 25.5. The molecule has 3 fully saturated rings. The first-order valence-corrected chi connectivity index (χ1v) is 23.7. The van der Waals surface area contributed by atoms with Crippen LogP contribution in [0.5, 0.6) is 11.5 Å². The summed E-state index contributed by atoms with van der Waals surface area (Å²) in [7, 11) is 0. The molecule has 1 saturated heterocycles. The average Bonchev–Trinajstić information content (AvgIpc) is 3.65. The summed E-state index contributed by atoms with van der Waals surface area (Å²) in [6.07, 6.45) is 27.4. The van der Waals surface area contributed by atoms with E-state index >= 15 is 0 Å². The number of aryl methyl sites for hydroxylation is 2. The molecular formula is C50H76N2O7. The Labute approximate surface area is 355 Å². The van der Waals surface area contributed by atoms with Crippen molar-refractivity contribution in [2.75, 3.05) is 32.8 Å². The fourth-order valence-corrected chi connectivity index (χ4v) is 10.2. The van der Waals surface area contributed by atoms with Crippen molar-refractivity contribution in [2.24, 2.45) is 11.8 Å². The lowest BCUT2D eigenvalue weighted by Crippen LogP contribution is -2.41. The Morgan fingerprint density at radius 1 is 0.678 bits per heavy atom. The summed E-state index contributed by atoms with van der Waals surface area (Å²) >= 11 is 0. The Kier molecular flexibility index (Phi) is 20.2. The van der Waals surface area contributed by atoms with Crippen molar-refractivity contribution < 1.29 is 34.1 Å². The van der Waals surface area contributed by atoms with Gasteiger partial charge in [0, 0.05) is 25.1 Å². The second-order valence-electron chi connectivity index (χ2n) is 17.9. The normalized spacial score (nSPS) is 20.8. The fraction of sp³-hybridized carbons (Fsp3) is 0.700. The van der Waals surface area contributed by atoms with E-state index in [9.17, 15) is 19.5 Å². The number of hydrogen-bond donors (Lipinski definition) is 2. The summed E-state index contributed by atoms with van der Waals surface area (Å²) < 4.78 is 9.77. The number of aliphatic hydroxyl groups excluding tert-OH is 1. The van der Waals surface area contributed by atoms with Crippen LogP contribution in [-0.2, 0) is 44.8 Å². The molecule has 0 aromatic heterocycles. The van der Waals surface area contributed by atoms with E-state index in [4.69, 9.17) is 9.84 Å². The molecule has 1 heterocycles. The van der Waals surface area contributed by atoms with E-state index in [1.807, 2.05) is 24.3 Å². The molecule has 9 nitrogen and oxygen atoms in total. The maximum atomic E-state index is 12.1. The van der Waals surface area contributed by atoms with Gasteiger partial charge >= 0.3 is 17.9 Å². The summed E-state index contributed by atoms with van der Waals surface area (Å²) in [6, 6.07) is 13.3. The molecule has 5 aliphatic rings. The minimum Gasteiger partial charge on any atom is -0.508 e. The number of phenols is 1. The van der Waals surface area contributed by atoms with E-state index < -0.39 is 11.9 Å². The van der Waals surface area contributed by atoms with Gasteiger partial charge in [-0.2, -0.15) is 0 Å². The minimum atomic E-state index is -0.398. The summed E-state index contributed by atoms with van der Waals surface area (Å²) in [6.45, 7) is 9.42. The lowest BCUT2D eigenvalue weighted by Gasteiger charge is -2.36. The highest BCUT2D eigenvalue weighted by Gasteiger charge is 2.29. The lowest BCUT2D eigenvalue weighted by atomic mass is 9.85. The zero-order valence-corrected chi connectivity index (χ0v) is 36.6. The Balaban J connectivity index is 0.000000196. The van der Waals surface area contributed by atoms with Crippen LogP contribution < -0.4 is 4.74 Å². The van der Waals surface area contributed by atoms with Gasteiger partial charge in [-0.25, -0.2) is 0 Å². The topological polar surface area (TPSA) is 117 Å². The van der Waals surface area contributed by atoms with Crippen LogP contribution in [0, 0.1) is 11.8 Å². The van der Waals surface area contributed by atoms with Gasteiger partial charge in [0.05, 0.1) is 12.8 Å². The minimum absolute atomic E-state index is 0.0248. The molecule has 2 aromatic rings. The molecule has 1 aliphatic heterocycles. The van der Waals surface area contributed by atoms with Gasteiger partial charge < -0.3 is 29.5 Å². The molecule has 0 amide bonds. The molecule has 328 valence electrons. The molecular weight excluding hydrogens is 741 g/mol. The summed E-state index contributed by atoms with van der Waals surface area (Å²) in [4.78, 5) is 37.6. The fourth-order valence-electron chi connectivity index (χ4n) is 10.2. The van der Waals surface area contributed by atoms with E-state index in [2.05, 4.69) is 40.5 Å². The van der Waals surface area contributed by atoms with Gasteiger partial charge in [-0.15, -0.1) is 0 Å². The van der Waals surface area contributed by atoms with E-state index in [1.54, 1.807) is 0 Å². The van der Waals surface area contributed by atoms with E-state index in [-0.39, 0.29) is 31.8 Å². The Morgan fingerprint density at radius 3 is 1.68 bits per heavy atom. The van der Waals surface area contributed by atoms with E-state index in [1.165, 1.54) is 145 Å². The number of carbonyl (C=O) groups is 3. The zero-order valence-electron chi connectivity index (χ0n) is 36.6.